The Bertz CT molecular complexity index is 965. The first-order chi connectivity index (χ1) is 13.2. The van der Waals surface area contributed by atoms with E-state index in [1.807, 2.05) is 0 Å². The van der Waals surface area contributed by atoms with E-state index < -0.39 is 22.0 Å². The van der Waals surface area contributed by atoms with Gasteiger partial charge in [-0.05, 0) is 37.3 Å². The van der Waals surface area contributed by atoms with Crippen molar-refractivity contribution in [1.29, 1.82) is 0 Å². The monoisotopic (exact) mass is 428 g/mol. The molecule has 10 heteroatoms. The molecule has 0 heterocycles. The van der Waals surface area contributed by atoms with Crippen LogP contribution in [0.5, 0.6) is 17.2 Å². The van der Waals surface area contributed by atoms with Crippen molar-refractivity contribution in [3.63, 3.8) is 0 Å². The molecule has 2 rings (SSSR count). The van der Waals surface area contributed by atoms with E-state index in [0.717, 1.165) is 0 Å². The molecule has 1 amide bonds. The van der Waals surface area contributed by atoms with Gasteiger partial charge in [-0.15, -0.1) is 0 Å². The Labute approximate surface area is 168 Å². The van der Waals surface area contributed by atoms with Gasteiger partial charge in [0.2, 0.25) is 15.9 Å². The van der Waals surface area contributed by atoms with Gasteiger partial charge in [-0.25, -0.2) is 8.42 Å². The number of carbonyl (C=O) groups excluding carboxylic acids is 1. The molecule has 0 saturated carbocycles. The van der Waals surface area contributed by atoms with Crippen molar-refractivity contribution in [3.8, 4) is 17.2 Å². The maximum atomic E-state index is 12.5. The molecule has 1 atom stereocenters. The Kier molecular flexibility index (Phi) is 7.11. The van der Waals surface area contributed by atoms with Crippen molar-refractivity contribution < 1.29 is 27.4 Å². The van der Waals surface area contributed by atoms with Crippen molar-refractivity contribution in [3.05, 3.63) is 41.4 Å². The first kappa shape index (κ1) is 21.8. The molecule has 0 spiro atoms. The zero-order valence-corrected chi connectivity index (χ0v) is 17.3. The smallest absolute Gasteiger partial charge is 0.242 e. The van der Waals surface area contributed by atoms with E-state index >= 15 is 0 Å². The first-order valence-corrected chi connectivity index (χ1v) is 9.96. The van der Waals surface area contributed by atoms with Crippen molar-refractivity contribution >= 4 is 33.2 Å². The highest BCUT2D eigenvalue weighted by Crippen LogP contribution is 2.30. The van der Waals surface area contributed by atoms with Gasteiger partial charge < -0.3 is 19.5 Å². The molecule has 0 radical (unpaired) electrons. The minimum absolute atomic E-state index is 0.0796. The molecule has 2 aromatic carbocycles. The molecule has 28 heavy (non-hydrogen) atoms. The fourth-order valence-electron chi connectivity index (χ4n) is 2.33. The summed E-state index contributed by atoms with van der Waals surface area (Å²) in [5, 5.41) is 2.77. The van der Waals surface area contributed by atoms with Crippen LogP contribution >= 0.6 is 11.6 Å². The average molecular weight is 429 g/mol. The number of ether oxygens (including phenoxy) is 3. The van der Waals surface area contributed by atoms with Crippen molar-refractivity contribution in [2.24, 2.45) is 0 Å². The van der Waals surface area contributed by atoms with Crippen LogP contribution in [0.3, 0.4) is 0 Å². The molecule has 2 N–H and O–H groups in total. The molecule has 8 nitrogen and oxygen atoms in total. The topological polar surface area (TPSA) is 103 Å². The maximum Gasteiger partial charge on any atom is 0.242 e. The summed E-state index contributed by atoms with van der Waals surface area (Å²) in [5.74, 6) is 0.738. The number of halogens is 1. The molecule has 152 valence electrons. The maximum absolute atomic E-state index is 12.5. The van der Waals surface area contributed by atoms with E-state index in [1.54, 1.807) is 18.2 Å². The summed E-state index contributed by atoms with van der Waals surface area (Å²) in [6.07, 6.45) is 0. The van der Waals surface area contributed by atoms with Crippen molar-refractivity contribution in [2.45, 2.75) is 17.9 Å². The second kappa shape index (κ2) is 9.13. The number of anilines is 1. The summed E-state index contributed by atoms with van der Waals surface area (Å²) in [5.41, 5.74) is 0.432. The van der Waals surface area contributed by atoms with Gasteiger partial charge in [0.25, 0.3) is 0 Å². The van der Waals surface area contributed by atoms with Crippen LogP contribution in [0.4, 0.5) is 5.69 Å². The summed E-state index contributed by atoms with van der Waals surface area (Å²) < 4.78 is 42.6. The van der Waals surface area contributed by atoms with Gasteiger partial charge in [0.15, 0.2) is 11.5 Å². The number of hydrogen-bond acceptors (Lipinski definition) is 6. The highest BCUT2D eigenvalue weighted by Gasteiger charge is 2.23. The lowest BCUT2D eigenvalue weighted by atomic mass is 10.2. The van der Waals surface area contributed by atoms with Gasteiger partial charge in [-0.1, -0.05) is 11.6 Å². The van der Waals surface area contributed by atoms with Crippen LogP contribution in [0.25, 0.3) is 0 Å². The number of amides is 1. The molecule has 0 saturated heterocycles. The predicted molar refractivity (Wildman–Crippen MR) is 106 cm³/mol. The van der Waals surface area contributed by atoms with Gasteiger partial charge in [0.1, 0.15) is 5.75 Å². The molecule has 0 aliphatic carbocycles. The van der Waals surface area contributed by atoms with Gasteiger partial charge >= 0.3 is 0 Å². The molecular formula is C18H21ClN2O6S. The lowest BCUT2D eigenvalue weighted by Gasteiger charge is -2.16. The number of rotatable bonds is 8. The van der Waals surface area contributed by atoms with Crippen molar-refractivity contribution in [2.75, 3.05) is 26.6 Å². The Hall–Kier alpha value is -2.49. The Balaban J connectivity index is 2.12. The van der Waals surface area contributed by atoms with Gasteiger partial charge in [-0.3, -0.25) is 4.79 Å². The molecule has 0 aliphatic heterocycles. The number of methoxy groups -OCH3 is 3. The number of hydrogen-bond donors (Lipinski definition) is 2. The van der Waals surface area contributed by atoms with Crippen LogP contribution < -0.4 is 24.2 Å². The predicted octanol–water partition coefficient (Wildman–Crippen LogP) is 2.67. The zero-order valence-electron chi connectivity index (χ0n) is 15.8. The molecule has 0 bridgehead atoms. The first-order valence-electron chi connectivity index (χ1n) is 8.10. The SMILES string of the molecule is COc1ccc(S(=O)(=O)N[C@H](C)C(=O)Nc2ccc(OC)c(OC)c2)cc1Cl. The number of sulfonamides is 1. The minimum atomic E-state index is -3.96. The average Bonchev–Trinajstić information content (AvgIpc) is 2.67. The largest absolute Gasteiger partial charge is 0.495 e. The summed E-state index contributed by atoms with van der Waals surface area (Å²) in [6.45, 7) is 1.43. The third kappa shape index (κ3) is 5.06. The summed E-state index contributed by atoms with van der Waals surface area (Å²) in [7, 11) is 0.432. The van der Waals surface area contributed by atoms with E-state index in [2.05, 4.69) is 10.0 Å². The van der Waals surface area contributed by atoms with Crippen LogP contribution in [-0.2, 0) is 14.8 Å². The molecule has 0 aromatic heterocycles. The third-order valence-electron chi connectivity index (χ3n) is 3.81. The molecule has 2 aromatic rings. The van der Waals surface area contributed by atoms with Gasteiger partial charge in [-0.2, -0.15) is 4.72 Å². The van der Waals surface area contributed by atoms with E-state index in [9.17, 15) is 13.2 Å². The van der Waals surface area contributed by atoms with Crippen LogP contribution in [0, 0.1) is 0 Å². The van der Waals surface area contributed by atoms with E-state index in [1.165, 1.54) is 46.5 Å². The fraction of sp³-hybridized carbons (Fsp3) is 0.278. The Morgan fingerprint density at radius 2 is 1.57 bits per heavy atom. The standard InChI is InChI=1S/C18H21ClN2O6S/c1-11(18(22)20-12-5-7-16(26-3)17(9-12)27-4)21-28(23,24)13-6-8-15(25-2)14(19)10-13/h5-11,21H,1-4H3,(H,20,22)/t11-/m1/s1. The molecule has 0 unspecified atom stereocenters. The summed E-state index contributed by atoms with van der Waals surface area (Å²) >= 11 is 5.98. The van der Waals surface area contributed by atoms with Crippen LogP contribution in [-0.4, -0.2) is 41.7 Å². The van der Waals surface area contributed by atoms with Crippen LogP contribution in [0.2, 0.25) is 5.02 Å². The second-order valence-corrected chi connectivity index (χ2v) is 7.82. The molecule has 0 fully saturated rings. The van der Waals surface area contributed by atoms with Crippen LogP contribution in [0.1, 0.15) is 6.92 Å². The highest BCUT2D eigenvalue weighted by atomic mass is 35.5. The third-order valence-corrected chi connectivity index (χ3v) is 5.64. The van der Waals surface area contributed by atoms with Crippen molar-refractivity contribution in [1.82, 2.24) is 4.72 Å². The second-order valence-electron chi connectivity index (χ2n) is 5.70. The quantitative estimate of drug-likeness (QED) is 0.670. The zero-order chi connectivity index (χ0) is 20.9. The van der Waals surface area contributed by atoms with Crippen LogP contribution in [0.15, 0.2) is 41.3 Å². The lowest BCUT2D eigenvalue weighted by Crippen LogP contribution is -2.41. The minimum Gasteiger partial charge on any atom is -0.495 e. The van der Waals surface area contributed by atoms with E-state index in [-0.39, 0.29) is 9.92 Å². The normalized spacial score (nSPS) is 12.2. The van der Waals surface area contributed by atoms with Gasteiger partial charge in [0, 0.05) is 11.8 Å². The Morgan fingerprint density at radius 3 is 2.14 bits per heavy atom. The molecular weight excluding hydrogens is 408 g/mol. The number of nitrogens with one attached hydrogen (secondary N) is 2. The lowest BCUT2D eigenvalue weighted by molar-refractivity contribution is -0.117. The number of benzene rings is 2. The fourth-order valence-corrected chi connectivity index (χ4v) is 3.88. The molecule has 0 aliphatic rings. The van der Waals surface area contributed by atoms with E-state index in [0.29, 0.717) is 22.9 Å². The highest BCUT2D eigenvalue weighted by molar-refractivity contribution is 7.89. The summed E-state index contributed by atoms with van der Waals surface area (Å²) in [4.78, 5) is 12.3. The van der Waals surface area contributed by atoms with Gasteiger partial charge in [0.05, 0.1) is 37.3 Å². The number of carbonyl (C=O) groups is 1. The Morgan fingerprint density at radius 1 is 0.964 bits per heavy atom. The summed E-state index contributed by atoms with van der Waals surface area (Å²) in [6, 6.07) is 7.80. The van der Waals surface area contributed by atoms with E-state index in [4.69, 9.17) is 25.8 Å².